The fourth-order valence-electron chi connectivity index (χ4n) is 12.9. The number of fused-ring (bicyclic) bond motifs is 4. The van der Waals surface area contributed by atoms with E-state index < -0.39 is 23.4 Å². The lowest BCUT2D eigenvalue weighted by Gasteiger charge is -2.20. The number of benzene rings is 9. The van der Waals surface area contributed by atoms with E-state index in [4.69, 9.17) is 0 Å². The number of aromatic amines is 8. The van der Waals surface area contributed by atoms with Gasteiger partial charge in [0.25, 0.3) is 11.8 Å². The average Bonchev–Trinajstić information content (AvgIpc) is 1.68. The molecular formula is C86H81F5N22O2. The Bertz CT molecular complexity index is 6290. The number of nitrogens with one attached hydrogen (secondary N) is 10. The van der Waals surface area contributed by atoms with Crippen molar-refractivity contribution in [1.82, 2.24) is 112 Å². The molecule has 0 aliphatic rings. The first kappa shape index (κ1) is 77.7. The number of hydrogen-bond acceptors (Lipinski definition) is 14. The number of halogens is 5. The minimum absolute atomic E-state index is 0.103. The van der Waals surface area contributed by atoms with Crippen molar-refractivity contribution in [1.29, 1.82) is 0 Å². The number of aromatic nitrogens is 20. The number of rotatable bonds is 17. The normalized spacial score (nSPS) is 11.6. The van der Waals surface area contributed by atoms with Gasteiger partial charge in [0.05, 0.1) is 44.7 Å². The van der Waals surface area contributed by atoms with Crippen LogP contribution in [-0.4, -0.2) is 119 Å². The summed E-state index contributed by atoms with van der Waals surface area (Å²) < 4.78 is 67.5. The lowest BCUT2D eigenvalue weighted by atomic mass is 9.92. The molecule has 0 saturated carbocycles. The largest absolute Gasteiger partial charge is 0.348 e. The minimum Gasteiger partial charge on any atom is -0.348 e. The molecule has 17 aromatic rings. The number of hydrogen-bond donors (Lipinski definition) is 10. The van der Waals surface area contributed by atoms with E-state index in [9.17, 15) is 31.5 Å². The van der Waals surface area contributed by atoms with Gasteiger partial charge in [0.2, 0.25) is 0 Å². The van der Waals surface area contributed by atoms with Crippen molar-refractivity contribution in [3.8, 4) is 90.6 Å². The predicted molar refractivity (Wildman–Crippen MR) is 432 cm³/mol. The zero-order valence-electron chi connectivity index (χ0n) is 64.5. The third-order valence-electron chi connectivity index (χ3n) is 18.3. The Kier molecular flexibility index (Phi) is 22.4. The Labute approximate surface area is 655 Å². The average molecular weight is 1550 g/mol. The lowest BCUT2D eigenvalue weighted by Crippen LogP contribution is -2.40. The number of carbonyl (C=O) groups is 2. The Balaban J connectivity index is 0.000000127. The summed E-state index contributed by atoms with van der Waals surface area (Å²) in [5.41, 5.74) is 13.5. The summed E-state index contributed by atoms with van der Waals surface area (Å²) >= 11 is 0. The van der Waals surface area contributed by atoms with Crippen LogP contribution in [0.2, 0.25) is 0 Å². The van der Waals surface area contributed by atoms with E-state index in [2.05, 4.69) is 161 Å². The molecule has 8 heterocycles. The Hall–Kier alpha value is -14.0. The summed E-state index contributed by atoms with van der Waals surface area (Å²) in [6, 6.07) is 50.9. The molecule has 0 aliphatic carbocycles. The number of amides is 2. The standard InChI is InChI=1S/C24H28N6O.C23H16F2N6O.C20H20FN5.C19H17F2N5/c1-14(2)11-20-25-22(30-28-20)16-9-10-19-18(13-16)21(29-27-19)15-7-6-8-17(12-15)23(31)26-24(3,4)5;24-16-5-1-13(2-6-16)11-26-23(32)17-9-14(3-7-19(17)25)21-18-10-15(22-27-12-28-31-22)4-8-20(18)29-30-21;1-20(2,3)11-17-22-19(26-24-17)13-6-9-16-15(10-13)18(25-23-16)12-4-7-14(21)8-5-12;1-10(2)7-17-22-19(26-24-17)12-4-6-16-13(8-12)18(25-23-16)11-3-5-14(20)15(21)9-11/h6-10,12-14H,11H2,1-5H3,(H,26,31)(H,27,29)(H,25,28,30);1-10,12H,11H2,(H,26,32)(H,29,30)(H,27,28,31);4-10H,11H2,1-3H3,(H,23,25)(H,22,24,26);3-6,8-10H,7H2,1-2H3,(H,23,25)(H,22,24,26). The van der Waals surface area contributed by atoms with Gasteiger partial charge < -0.3 is 10.6 Å². The third kappa shape index (κ3) is 18.6. The van der Waals surface area contributed by atoms with Gasteiger partial charge in [0.15, 0.2) is 34.9 Å². The van der Waals surface area contributed by atoms with Gasteiger partial charge in [-0.3, -0.25) is 50.4 Å². The highest BCUT2D eigenvalue weighted by Crippen LogP contribution is 2.36. The zero-order chi connectivity index (χ0) is 80.8. The second-order valence-corrected chi connectivity index (χ2v) is 30.8. The van der Waals surface area contributed by atoms with Gasteiger partial charge in [0.1, 0.15) is 46.9 Å². The molecule has 0 saturated heterocycles. The highest BCUT2D eigenvalue weighted by atomic mass is 19.2. The van der Waals surface area contributed by atoms with Gasteiger partial charge >= 0.3 is 0 Å². The number of H-pyrrole nitrogens is 8. The summed E-state index contributed by atoms with van der Waals surface area (Å²) in [4.78, 5) is 43.2. The smallest absolute Gasteiger partial charge is 0.254 e. The van der Waals surface area contributed by atoms with Gasteiger partial charge in [0, 0.05) is 103 Å². The van der Waals surface area contributed by atoms with Crippen molar-refractivity contribution < 1.29 is 31.5 Å². The van der Waals surface area contributed by atoms with Crippen molar-refractivity contribution in [3.05, 3.63) is 252 Å². The van der Waals surface area contributed by atoms with E-state index in [-0.39, 0.29) is 40.6 Å². The van der Waals surface area contributed by atoms with E-state index in [1.807, 2.05) is 118 Å². The molecule has 0 bridgehead atoms. The molecule has 0 spiro atoms. The molecule has 0 radical (unpaired) electrons. The Morgan fingerprint density at radius 3 is 1.30 bits per heavy atom. The summed E-state index contributed by atoms with van der Waals surface area (Å²) in [7, 11) is 0. The highest BCUT2D eigenvalue weighted by molar-refractivity contribution is 6.01. The summed E-state index contributed by atoms with van der Waals surface area (Å²) in [6.07, 6.45) is 3.93. The van der Waals surface area contributed by atoms with Crippen molar-refractivity contribution >= 4 is 55.4 Å². The van der Waals surface area contributed by atoms with Crippen molar-refractivity contribution in [3.63, 3.8) is 0 Å². The molecule has 8 aromatic heterocycles. The molecule has 0 aliphatic heterocycles. The van der Waals surface area contributed by atoms with Crippen LogP contribution in [0.4, 0.5) is 22.0 Å². The summed E-state index contributed by atoms with van der Waals surface area (Å²) in [6.45, 7) is 21.1. The molecule has 2 amide bonds. The van der Waals surface area contributed by atoms with E-state index >= 15 is 0 Å². The number of carbonyl (C=O) groups excluding carboxylic acids is 2. The first-order valence-corrected chi connectivity index (χ1v) is 37.2. The van der Waals surface area contributed by atoms with Crippen LogP contribution >= 0.6 is 0 Å². The molecule has 9 aromatic carbocycles. The van der Waals surface area contributed by atoms with E-state index in [0.29, 0.717) is 68.8 Å². The van der Waals surface area contributed by atoms with Crippen molar-refractivity contribution in [2.45, 2.75) is 101 Å². The molecular weight excluding hydrogens is 1470 g/mol. The van der Waals surface area contributed by atoms with Crippen LogP contribution in [0.25, 0.3) is 134 Å². The van der Waals surface area contributed by atoms with E-state index in [1.165, 1.54) is 48.8 Å². The minimum atomic E-state index is -0.901. The second-order valence-electron chi connectivity index (χ2n) is 30.8. The summed E-state index contributed by atoms with van der Waals surface area (Å²) in [5, 5.41) is 67.4. The Morgan fingerprint density at radius 2 is 0.826 bits per heavy atom. The van der Waals surface area contributed by atoms with Crippen LogP contribution in [0.15, 0.2) is 188 Å². The molecule has 10 N–H and O–H groups in total. The van der Waals surface area contributed by atoms with Crippen LogP contribution in [0.5, 0.6) is 0 Å². The molecule has 115 heavy (non-hydrogen) atoms. The van der Waals surface area contributed by atoms with Crippen LogP contribution in [0.3, 0.4) is 0 Å². The van der Waals surface area contributed by atoms with Crippen molar-refractivity contribution in [2.75, 3.05) is 0 Å². The first-order chi connectivity index (χ1) is 55.2. The number of nitrogens with zero attached hydrogens (tertiary/aromatic N) is 12. The SMILES string of the molecule is CC(C)(C)Cc1nc(-c2ccc3[nH]nc(-c4ccc(F)cc4)c3c2)n[nH]1.CC(C)Cc1nc(-c2ccc3[nH]nc(-c4ccc(F)c(F)c4)c3c2)n[nH]1.CC(C)Cc1nc(-c2ccc3[nH]nc(-c4cccc(C(=O)NC(C)(C)C)c4)c3c2)n[nH]1.O=C(NCc1ccc(F)cc1)c1cc(-c2n[nH]c3ccc(-c4ncn[nH]4)cc23)ccc1F. The zero-order valence-corrected chi connectivity index (χ0v) is 64.5. The maximum Gasteiger partial charge on any atom is 0.254 e. The van der Waals surface area contributed by atoms with Crippen molar-refractivity contribution in [2.24, 2.45) is 17.3 Å². The lowest BCUT2D eigenvalue weighted by molar-refractivity contribution is 0.0917. The molecule has 24 nitrogen and oxygen atoms in total. The molecule has 0 fully saturated rings. The fourth-order valence-corrected chi connectivity index (χ4v) is 12.9. The topological polar surface area (TPSA) is 339 Å². The maximum absolute atomic E-state index is 14.4. The van der Waals surface area contributed by atoms with E-state index in [1.54, 1.807) is 30.3 Å². The van der Waals surface area contributed by atoms with Gasteiger partial charge in [-0.05, 0) is 201 Å². The second kappa shape index (κ2) is 33.1. The van der Waals surface area contributed by atoms with Crippen LogP contribution in [0, 0.1) is 46.3 Å². The van der Waals surface area contributed by atoms with Crippen LogP contribution < -0.4 is 10.6 Å². The van der Waals surface area contributed by atoms with Crippen LogP contribution in [-0.2, 0) is 25.8 Å². The first-order valence-electron chi connectivity index (χ1n) is 37.2. The Morgan fingerprint density at radius 1 is 0.400 bits per heavy atom. The van der Waals surface area contributed by atoms with Gasteiger partial charge in [-0.2, -0.15) is 40.8 Å². The molecule has 29 heteroatoms. The third-order valence-corrected chi connectivity index (χ3v) is 18.3. The predicted octanol–water partition coefficient (Wildman–Crippen LogP) is 18.2. The van der Waals surface area contributed by atoms with Gasteiger partial charge in [-0.1, -0.05) is 72.7 Å². The van der Waals surface area contributed by atoms with Gasteiger partial charge in [-0.15, -0.1) is 0 Å². The molecule has 0 unspecified atom stereocenters. The molecule has 582 valence electrons. The monoisotopic (exact) mass is 1550 g/mol. The quantitative estimate of drug-likeness (QED) is 0.0379. The van der Waals surface area contributed by atoms with Crippen LogP contribution in [0.1, 0.15) is 113 Å². The van der Waals surface area contributed by atoms with Gasteiger partial charge in [-0.25, -0.2) is 41.9 Å². The molecule has 0 atom stereocenters. The summed E-state index contributed by atoms with van der Waals surface area (Å²) in [5.74, 6) is 2.39. The van der Waals surface area contributed by atoms with E-state index in [0.717, 1.165) is 137 Å². The maximum atomic E-state index is 14.4. The highest BCUT2D eigenvalue weighted by Gasteiger charge is 2.23. The molecule has 17 rings (SSSR count). The fraction of sp³-hybridized carbons (Fsp3) is 0.209.